The van der Waals surface area contributed by atoms with Crippen LogP contribution in [0.3, 0.4) is 0 Å². The molecule has 0 radical (unpaired) electrons. The average Bonchev–Trinajstić information content (AvgIpc) is 2.68. The number of benzene rings is 1. The lowest BCUT2D eigenvalue weighted by atomic mass is 9.97. The lowest BCUT2D eigenvalue weighted by molar-refractivity contribution is 0.990. The van der Waals surface area contributed by atoms with E-state index in [9.17, 15) is 0 Å². The Morgan fingerprint density at radius 2 is 0.767 bits per heavy atom. The molecule has 0 aliphatic heterocycles. The summed E-state index contributed by atoms with van der Waals surface area (Å²) in [5, 5.41) is 0. The summed E-state index contributed by atoms with van der Waals surface area (Å²) in [7, 11) is 0. The molecule has 3 heterocycles. The van der Waals surface area contributed by atoms with Crippen LogP contribution in [-0.4, -0.2) is 15.0 Å². The topological polar surface area (TPSA) is 38.7 Å². The highest BCUT2D eigenvalue weighted by atomic mass is 14.7. The molecule has 4 rings (SSSR count). The minimum Gasteiger partial charge on any atom is -0.258 e. The third-order valence-corrected chi connectivity index (χ3v) is 5.11. The van der Waals surface area contributed by atoms with E-state index in [1.54, 1.807) is 0 Å². The van der Waals surface area contributed by atoms with Gasteiger partial charge in [-0.1, -0.05) is 36.4 Å². The minimum absolute atomic E-state index is 0.824. The number of aryl methyl sites for hydroxylation is 3. The molecule has 0 aliphatic carbocycles. The van der Waals surface area contributed by atoms with Gasteiger partial charge in [0.1, 0.15) is 0 Å². The highest BCUT2D eigenvalue weighted by molar-refractivity contribution is 5.37. The van der Waals surface area contributed by atoms with E-state index in [1.165, 1.54) is 16.7 Å². The van der Waals surface area contributed by atoms with E-state index >= 15 is 0 Å². The maximum absolute atomic E-state index is 4.69. The first-order chi connectivity index (χ1) is 14.5. The largest absolute Gasteiger partial charge is 0.258 e. The van der Waals surface area contributed by atoms with Gasteiger partial charge in [0, 0.05) is 53.4 Å². The lowest BCUT2D eigenvalue weighted by Gasteiger charge is -2.11. The fourth-order valence-corrected chi connectivity index (χ4v) is 3.87. The molecule has 0 bridgehead atoms. The zero-order valence-corrected chi connectivity index (χ0v) is 17.9. The smallest absolute Gasteiger partial charge is 0.0450 e. The number of hydrogen-bond donors (Lipinski definition) is 0. The Labute approximate surface area is 178 Å². The van der Waals surface area contributed by atoms with Crippen LogP contribution in [0.5, 0.6) is 0 Å². The number of nitrogens with zero attached hydrogens (tertiary/aromatic N) is 3. The van der Waals surface area contributed by atoms with Crippen molar-refractivity contribution in [3.8, 4) is 0 Å². The Morgan fingerprint density at radius 1 is 0.467 bits per heavy atom. The van der Waals surface area contributed by atoms with Gasteiger partial charge in [0.25, 0.3) is 0 Å². The summed E-state index contributed by atoms with van der Waals surface area (Å²) in [6.07, 6.45) is 2.47. The molecule has 3 heteroatoms. The maximum atomic E-state index is 4.69. The van der Waals surface area contributed by atoms with Crippen molar-refractivity contribution in [2.75, 3.05) is 0 Å². The van der Waals surface area contributed by atoms with E-state index < -0.39 is 0 Å². The molecule has 3 nitrogen and oxygen atoms in total. The van der Waals surface area contributed by atoms with E-state index in [4.69, 9.17) is 15.0 Å². The summed E-state index contributed by atoms with van der Waals surface area (Å²) in [6, 6.07) is 25.5. The first-order valence-electron chi connectivity index (χ1n) is 10.4. The minimum atomic E-state index is 0.824. The van der Waals surface area contributed by atoms with Crippen molar-refractivity contribution in [1.82, 2.24) is 15.0 Å². The van der Waals surface area contributed by atoms with Crippen molar-refractivity contribution in [2.45, 2.75) is 40.0 Å². The number of pyridine rings is 3. The van der Waals surface area contributed by atoms with Crippen LogP contribution in [0.25, 0.3) is 0 Å². The first kappa shape index (κ1) is 20.0. The van der Waals surface area contributed by atoms with Gasteiger partial charge in [-0.05, 0) is 73.9 Å². The van der Waals surface area contributed by atoms with E-state index in [2.05, 4.69) is 54.6 Å². The Balaban J connectivity index is 1.67. The van der Waals surface area contributed by atoms with Gasteiger partial charge in [-0.25, -0.2) is 0 Å². The van der Waals surface area contributed by atoms with Gasteiger partial charge in [-0.15, -0.1) is 0 Å². The second kappa shape index (κ2) is 9.00. The SMILES string of the molecule is Cc1cccc(Cc2cc(Cc3cccc(C)n3)cc(Cc3cccc(C)n3)c2)n1. The van der Waals surface area contributed by atoms with Gasteiger partial charge in [-0.2, -0.15) is 0 Å². The van der Waals surface area contributed by atoms with Gasteiger partial charge in [0.05, 0.1) is 0 Å². The first-order valence-corrected chi connectivity index (χ1v) is 10.4. The average molecular weight is 394 g/mol. The molecular formula is C27H27N3. The molecule has 150 valence electrons. The Bertz CT molecular complexity index is 1010. The molecule has 0 N–H and O–H groups in total. The van der Waals surface area contributed by atoms with Crippen LogP contribution in [0.15, 0.2) is 72.8 Å². The number of hydrogen-bond acceptors (Lipinski definition) is 3. The number of aromatic nitrogens is 3. The van der Waals surface area contributed by atoms with Gasteiger partial charge < -0.3 is 0 Å². The lowest BCUT2D eigenvalue weighted by Crippen LogP contribution is -2.01. The summed E-state index contributed by atoms with van der Waals surface area (Å²) < 4.78 is 0. The van der Waals surface area contributed by atoms with Crippen LogP contribution in [0, 0.1) is 20.8 Å². The van der Waals surface area contributed by atoms with Crippen LogP contribution in [0.4, 0.5) is 0 Å². The molecule has 0 spiro atoms. The fraction of sp³-hybridized carbons (Fsp3) is 0.222. The van der Waals surface area contributed by atoms with Crippen LogP contribution >= 0.6 is 0 Å². The Kier molecular flexibility index (Phi) is 5.99. The van der Waals surface area contributed by atoms with E-state index in [1.807, 2.05) is 39.0 Å². The van der Waals surface area contributed by atoms with Gasteiger partial charge >= 0.3 is 0 Å². The second-order valence-electron chi connectivity index (χ2n) is 8.00. The molecule has 0 fully saturated rings. The molecule has 0 unspecified atom stereocenters. The molecule has 0 aliphatic rings. The summed E-state index contributed by atoms with van der Waals surface area (Å²) in [5.74, 6) is 0. The summed E-state index contributed by atoms with van der Waals surface area (Å²) in [6.45, 7) is 6.12. The van der Waals surface area contributed by atoms with Crippen LogP contribution in [-0.2, 0) is 19.3 Å². The summed E-state index contributed by atoms with van der Waals surface area (Å²) in [4.78, 5) is 14.1. The van der Waals surface area contributed by atoms with Gasteiger partial charge in [0.2, 0.25) is 0 Å². The molecular weight excluding hydrogens is 366 g/mol. The molecule has 4 aromatic rings. The molecule has 1 aromatic carbocycles. The highest BCUT2D eigenvalue weighted by Gasteiger charge is 2.07. The highest BCUT2D eigenvalue weighted by Crippen LogP contribution is 2.19. The van der Waals surface area contributed by atoms with Crippen molar-refractivity contribution in [1.29, 1.82) is 0 Å². The zero-order chi connectivity index (χ0) is 20.9. The van der Waals surface area contributed by atoms with E-state index in [0.717, 1.165) is 53.4 Å². The van der Waals surface area contributed by atoms with E-state index in [-0.39, 0.29) is 0 Å². The predicted molar refractivity (Wildman–Crippen MR) is 122 cm³/mol. The molecule has 30 heavy (non-hydrogen) atoms. The van der Waals surface area contributed by atoms with Crippen molar-refractivity contribution >= 4 is 0 Å². The van der Waals surface area contributed by atoms with Crippen molar-refractivity contribution in [2.24, 2.45) is 0 Å². The van der Waals surface area contributed by atoms with E-state index in [0.29, 0.717) is 0 Å². The summed E-state index contributed by atoms with van der Waals surface area (Å²) in [5.41, 5.74) is 10.3. The predicted octanol–water partition coefficient (Wildman–Crippen LogP) is 5.57. The molecule has 0 saturated heterocycles. The van der Waals surface area contributed by atoms with Crippen molar-refractivity contribution in [3.05, 3.63) is 124 Å². The van der Waals surface area contributed by atoms with Crippen molar-refractivity contribution in [3.63, 3.8) is 0 Å². The Morgan fingerprint density at radius 3 is 1.03 bits per heavy atom. The van der Waals surface area contributed by atoms with Crippen molar-refractivity contribution < 1.29 is 0 Å². The third kappa shape index (κ3) is 5.38. The van der Waals surface area contributed by atoms with Crippen LogP contribution in [0.1, 0.15) is 50.9 Å². The normalized spacial score (nSPS) is 10.9. The monoisotopic (exact) mass is 393 g/mol. The fourth-order valence-electron chi connectivity index (χ4n) is 3.87. The summed E-state index contributed by atoms with van der Waals surface area (Å²) >= 11 is 0. The second-order valence-corrected chi connectivity index (χ2v) is 8.00. The maximum Gasteiger partial charge on any atom is 0.0450 e. The van der Waals surface area contributed by atoms with Crippen LogP contribution < -0.4 is 0 Å². The molecule has 0 saturated carbocycles. The third-order valence-electron chi connectivity index (χ3n) is 5.11. The number of rotatable bonds is 6. The zero-order valence-electron chi connectivity index (χ0n) is 17.9. The van der Waals surface area contributed by atoms with Gasteiger partial charge in [0.15, 0.2) is 0 Å². The quantitative estimate of drug-likeness (QED) is 0.430. The standard InChI is InChI=1S/C27H27N3/c1-19-7-4-10-25(28-19)16-22-13-23(17-26-11-5-8-20(2)29-26)15-24(14-22)18-27-12-6-9-21(3)30-27/h4-15H,16-18H2,1-3H3. The molecule has 0 atom stereocenters. The molecule has 0 amide bonds. The molecule has 3 aromatic heterocycles. The van der Waals surface area contributed by atoms with Crippen LogP contribution in [0.2, 0.25) is 0 Å². The van der Waals surface area contributed by atoms with Gasteiger partial charge in [-0.3, -0.25) is 15.0 Å². The Hall–Kier alpha value is -3.33.